The van der Waals surface area contributed by atoms with E-state index >= 15 is 0 Å². The molecule has 138 valence electrons. The van der Waals surface area contributed by atoms with Crippen LogP contribution in [0.25, 0.3) is 0 Å². The third-order valence-corrected chi connectivity index (χ3v) is 3.48. The van der Waals surface area contributed by atoms with E-state index < -0.39 is 0 Å². The highest BCUT2D eigenvalue weighted by atomic mass is 127. The Bertz CT molecular complexity index is 467. The summed E-state index contributed by atoms with van der Waals surface area (Å²) in [5.41, 5.74) is 1.19. The van der Waals surface area contributed by atoms with Gasteiger partial charge in [-0.15, -0.1) is 24.0 Å². The van der Waals surface area contributed by atoms with Crippen LogP contribution in [0.2, 0.25) is 0 Å². The van der Waals surface area contributed by atoms with Crippen molar-refractivity contribution in [1.29, 1.82) is 0 Å². The molecule has 24 heavy (non-hydrogen) atoms. The van der Waals surface area contributed by atoms with E-state index in [0.29, 0.717) is 12.5 Å². The van der Waals surface area contributed by atoms with Gasteiger partial charge in [0.05, 0.1) is 13.7 Å². The first-order valence-corrected chi connectivity index (χ1v) is 8.31. The third kappa shape index (κ3) is 9.97. The molecule has 1 rings (SSSR count). The van der Waals surface area contributed by atoms with Crippen LogP contribution in [0.1, 0.15) is 25.8 Å². The van der Waals surface area contributed by atoms with Gasteiger partial charge in [0.25, 0.3) is 0 Å². The molecule has 0 spiro atoms. The molecule has 0 bridgehead atoms. The van der Waals surface area contributed by atoms with E-state index in [4.69, 9.17) is 9.47 Å². The lowest BCUT2D eigenvalue weighted by atomic mass is 10.1. The SMILES string of the molecule is CN=C(NCCOCCC(C)C)NCCc1ccccc1OC.I. The van der Waals surface area contributed by atoms with Gasteiger partial charge in [0, 0.05) is 26.7 Å². The van der Waals surface area contributed by atoms with Crippen molar-refractivity contribution >= 4 is 29.9 Å². The van der Waals surface area contributed by atoms with E-state index in [1.165, 1.54) is 5.56 Å². The number of benzene rings is 1. The van der Waals surface area contributed by atoms with E-state index in [1.807, 2.05) is 18.2 Å². The monoisotopic (exact) mass is 449 g/mol. The van der Waals surface area contributed by atoms with Crippen molar-refractivity contribution in [2.24, 2.45) is 10.9 Å². The molecule has 5 nitrogen and oxygen atoms in total. The van der Waals surface area contributed by atoms with Crippen molar-refractivity contribution in [2.45, 2.75) is 26.7 Å². The lowest BCUT2D eigenvalue weighted by molar-refractivity contribution is 0.128. The Hall–Kier alpha value is -1.02. The Balaban J connectivity index is 0.00000529. The average Bonchev–Trinajstić information content (AvgIpc) is 2.56. The van der Waals surface area contributed by atoms with Gasteiger partial charge in [0.15, 0.2) is 5.96 Å². The molecule has 1 aromatic carbocycles. The van der Waals surface area contributed by atoms with E-state index in [1.54, 1.807) is 14.2 Å². The molecular formula is C18H32IN3O2. The van der Waals surface area contributed by atoms with Gasteiger partial charge in [-0.2, -0.15) is 0 Å². The van der Waals surface area contributed by atoms with Gasteiger partial charge in [0.1, 0.15) is 5.75 Å². The Kier molecular flexibility index (Phi) is 13.7. The Morgan fingerprint density at radius 2 is 1.83 bits per heavy atom. The predicted molar refractivity (Wildman–Crippen MR) is 112 cm³/mol. The predicted octanol–water partition coefficient (Wildman–Crippen LogP) is 3.08. The number of hydrogen-bond acceptors (Lipinski definition) is 3. The molecule has 0 radical (unpaired) electrons. The second-order valence-corrected chi connectivity index (χ2v) is 5.78. The second-order valence-electron chi connectivity index (χ2n) is 5.78. The van der Waals surface area contributed by atoms with Crippen molar-refractivity contribution in [2.75, 3.05) is 40.5 Å². The maximum Gasteiger partial charge on any atom is 0.191 e. The number of ether oxygens (including phenoxy) is 2. The Morgan fingerprint density at radius 1 is 1.12 bits per heavy atom. The summed E-state index contributed by atoms with van der Waals surface area (Å²) in [5, 5.41) is 6.56. The van der Waals surface area contributed by atoms with Gasteiger partial charge in [-0.05, 0) is 30.4 Å². The van der Waals surface area contributed by atoms with Crippen LogP contribution in [0.3, 0.4) is 0 Å². The number of methoxy groups -OCH3 is 1. The summed E-state index contributed by atoms with van der Waals surface area (Å²) in [6.07, 6.45) is 1.99. The fourth-order valence-electron chi connectivity index (χ4n) is 2.11. The van der Waals surface area contributed by atoms with Gasteiger partial charge < -0.3 is 20.1 Å². The number of rotatable bonds is 10. The van der Waals surface area contributed by atoms with Crippen molar-refractivity contribution in [3.05, 3.63) is 29.8 Å². The first kappa shape index (κ1) is 23.0. The van der Waals surface area contributed by atoms with Gasteiger partial charge in [-0.3, -0.25) is 4.99 Å². The summed E-state index contributed by atoms with van der Waals surface area (Å²) in [5.74, 6) is 2.41. The number of nitrogens with zero attached hydrogens (tertiary/aromatic N) is 1. The van der Waals surface area contributed by atoms with E-state index in [0.717, 1.165) is 44.2 Å². The number of aliphatic imine (C=N–C) groups is 1. The largest absolute Gasteiger partial charge is 0.496 e. The number of halogens is 1. The lowest BCUT2D eigenvalue weighted by Crippen LogP contribution is -2.39. The highest BCUT2D eigenvalue weighted by molar-refractivity contribution is 14.0. The molecule has 0 saturated carbocycles. The molecule has 0 unspecified atom stereocenters. The maximum atomic E-state index is 5.58. The smallest absolute Gasteiger partial charge is 0.191 e. The Labute approximate surface area is 163 Å². The van der Waals surface area contributed by atoms with Crippen LogP contribution in [0.4, 0.5) is 0 Å². The van der Waals surface area contributed by atoms with Crippen LogP contribution in [-0.2, 0) is 11.2 Å². The first-order chi connectivity index (χ1) is 11.2. The summed E-state index contributed by atoms with van der Waals surface area (Å²) in [6.45, 7) is 7.48. The fourth-order valence-corrected chi connectivity index (χ4v) is 2.11. The summed E-state index contributed by atoms with van der Waals surface area (Å²) in [6, 6.07) is 8.07. The molecule has 0 fully saturated rings. The number of guanidine groups is 1. The molecule has 1 aromatic rings. The Morgan fingerprint density at radius 3 is 2.50 bits per heavy atom. The second kappa shape index (κ2) is 14.3. The van der Waals surface area contributed by atoms with E-state index in [2.05, 4.69) is 35.5 Å². The summed E-state index contributed by atoms with van der Waals surface area (Å²) in [7, 11) is 3.48. The van der Waals surface area contributed by atoms with Gasteiger partial charge >= 0.3 is 0 Å². The third-order valence-electron chi connectivity index (χ3n) is 3.48. The standard InChI is InChI=1S/C18H31N3O2.HI/c1-15(2)10-13-23-14-12-21-18(19-3)20-11-9-16-7-5-6-8-17(16)22-4;/h5-8,15H,9-14H2,1-4H3,(H2,19,20,21);1H. The molecule has 0 heterocycles. The quantitative estimate of drug-likeness (QED) is 0.250. The number of nitrogens with one attached hydrogen (secondary N) is 2. The zero-order valence-electron chi connectivity index (χ0n) is 15.3. The molecule has 0 aliphatic heterocycles. The number of hydrogen-bond donors (Lipinski definition) is 2. The minimum Gasteiger partial charge on any atom is -0.496 e. The van der Waals surface area contributed by atoms with Crippen molar-refractivity contribution in [3.63, 3.8) is 0 Å². The molecule has 0 aliphatic carbocycles. The molecule has 2 N–H and O–H groups in total. The topological polar surface area (TPSA) is 54.9 Å². The average molecular weight is 449 g/mol. The fraction of sp³-hybridized carbons (Fsp3) is 0.611. The maximum absolute atomic E-state index is 5.58. The van der Waals surface area contributed by atoms with Gasteiger partial charge in [-0.1, -0.05) is 32.0 Å². The lowest BCUT2D eigenvalue weighted by Gasteiger charge is -2.13. The minimum atomic E-state index is 0. The zero-order valence-corrected chi connectivity index (χ0v) is 17.6. The van der Waals surface area contributed by atoms with Gasteiger partial charge in [0.2, 0.25) is 0 Å². The highest BCUT2D eigenvalue weighted by Crippen LogP contribution is 2.17. The summed E-state index contributed by atoms with van der Waals surface area (Å²) < 4.78 is 10.9. The van der Waals surface area contributed by atoms with Crippen LogP contribution < -0.4 is 15.4 Å². The first-order valence-electron chi connectivity index (χ1n) is 8.31. The van der Waals surface area contributed by atoms with Crippen LogP contribution in [0.15, 0.2) is 29.3 Å². The normalized spacial score (nSPS) is 11.1. The molecule has 0 aromatic heterocycles. The van der Waals surface area contributed by atoms with Gasteiger partial charge in [-0.25, -0.2) is 0 Å². The summed E-state index contributed by atoms with van der Waals surface area (Å²) in [4.78, 5) is 4.22. The molecular weight excluding hydrogens is 417 g/mol. The summed E-state index contributed by atoms with van der Waals surface area (Å²) >= 11 is 0. The molecule has 0 aliphatic rings. The van der Waals surface area contributed by atoms with E-state index in [9.17, 15) is 0 Å². The molecule has 0 atom stereocenters. The molecule has 0 amide bonds. The van der Waals surface area contributed by atoms with E-state index in [-0.39, 0.29) is 24.0 Å². The van der Waals surface area contributed by atoms with Crippen molar-refractivity contribution in [1.82, 2.24) is 10.6 Å². The number of para-hydroxylation sites is 1. The van der Waals surface area contributed by atoms with Crippen LogP contribution in [0.5, 0.6) is 5.75 Å². The zero-order chi connectivity index (χ0) is 16.9. The van der Waals surface area contributed by atoms with Crippen LogP contribution in [-0.4, -0.2) is 46.4 Å². The minimum absolute atomic E-state index is 0. The van der Waals surface area contributed by atoms with Crippen LogP contribution in [0, 0.1) is 5.92 Å². The van der Waals surface area contributed by atoms with Crippen LogP contribution >= 0.6 is 24.0 Å². The molecule has 0 saturated heterocycles. The van der Waals surface area contributed by atoms with Crippen molar-refractivity contribution in [3.8, 4) is 5.75 Å². The highest BCUT2D eigenvalue weighted by Gasteiger charge is 2.02. The molecule has 6 heteroatoms. The van der Waals surface area contributed by atoms with Crippen molar-refractivity contribution < 1.29 is 9.47 Å².